The number of benzene rings is 2. The molecule has 0 unspecified atom stereocenters. The molecule has 29 heavy (non-hydrogen) atoms. The number of carbonyl (C=O) groups excluding carboxylic acids is 1. The molecule has 0 heterocycles. The average Bonchev–Trinajstić information content (AvgIpc) is 3.01. The standard InChI is InChI=1S/C25H28O4/c1-24-11-9-17-18(8-7-16-13-21(26)22(27)14-19(16)17)20(24)10-12-25(24,29)23(28)15-5-3-2-4-6-15/h2-6,13-14,17-18,20,26-27,29H,7-12H2,1H3/t17-,18+,20-,24-,25-/m0/s1. The first-order chi connectivity index (χ1) is 13.8. The summed E-state index contributed by atoms with van der Waals surface area (Å²) < 4.78 is 0. The maximum atomic E-state index is 13.4. The smallest absolute Gasteiger partial charge is 0.194 e. The van der Waals surface area contributed by atoms with Crippen LogP contribution in [0.1, 0.15) is 66.4 Å². The van der Waals surface area contributed by atoms with Crippen molar-refractivity contribution in [1.29, 1.82) is 0 Å². The van der Waals surface area contributed by atoms with Crippen LogP contribution in [0.4, 0.5) is 0 Å². The Labute approximate surface area is 171 Å². The Morgan fingerprint density at radius 1 is 1.00 bits per heavy atom. The first kappa shape index (κ1) is 18.7. The molecular formula is C25H28O4. The summed E-state index contributed by atoms with van der Waals surface area (Å²) in [5, 5.41) is 31.6. The van der Waals surface area contributed by atoms with Gasteiger partial charge in [0.1, 0.15) is 5.60 Å². The Kier molecular flexibility index (Phi) is 4.08. The minimum absolute atomic E-state index is 0.0495. The molecule has 0 aromatic heterocycles. The van der Waals surface area contributed by atoms with E-state index in [9.17, 15) is 20.1 Å². The van der Waals surface area contributed by atoms with E-state index in [0.29, 0.717) is 23.8 Å². The summed E-state index contributed by atoms with van der Waals surface area (Å²) in [5.41, 5.74) is 1.11. The maximum Gasteiger partial charge on any atom is 0.194 e. The summed E-state index contributed by atoms with van der Waals surface area (Å²) in [6, 6.07) is 12.6. The Hall–Kier alpha value is -2.33. The van der Waals surface area contributed by atoms with Crippen molar-refractivity contribution in [3.63, 3.8) is 0 Å². The number of Topliss-reactive ketones (excluding diaryl/α,β-unsaturated/α-hetero) is 1. The number of phenolic OH excluding ortho intramolecular Hbond substituents is 2. The Balaban J connectivity index is 1.50. The van der Waals surface area contributed by atoms with Crippen molar-refractivity contribution >= 4 is 5.78 Å². The molecule has 0 spiro atoms. The summed E-state index contributed by atoms with van der Waals surface area (Å²) in [6.07, 6.45) is 4.90. The highest BCUT2D eigenvalue weighted by Gasteiger charge is 2.64. The molecule has 4 nitrogen and oxygen atoms in total. The number of phenols is 2. The minimum Gasteiger partial charge on any atom is -0.504 e. The highest BCUT2D eigenvalue weighted by Crippen LogP contribution is 2.65. The molecule has 2 fully saturated rings. The normalized spacial score (nSPS) is 35.4. The molecule has 0 aliphatic heterocycles. The Morgan fingerprint density at radius 3 is 2.48 bits per heavy atom. The zero-order chi connectivity index (χ0) is 20.4. The molecule has 4 heteroatoms. The van der Waals surface area contributed by atoms with Crippen LogP contribution in [0.2, 0.25) is 0 Å². The number of hydrogen-bond acceptors (Lipinski definition) is 4. The highest BCUT2D eigenvalue weighted by molar-refractivity contribution is 6.03. The van der Waals surface area contributed by atoms with Gasteiger partial charge in [0, 0.05) is 11.0 Å². The molecular weight excluding hydrogens is 364 g/mol. The van der Waals surface area contributed by atoms with Gasteiger partial charge in [0.15, 0.2) is 17.3 Å². The van der Waals surface area contributed by atoms with Crippen LogP contribution in [0.25, 0.3) is 0 Å². The van der Waals surface area contributed by atoms with Crippen LogP contribution in [0.5, 0.6) is 11.5 Å². The number of aliphatic hydroxyl groups is 1. The van der Waals surface area contributed by atoms with E-state index in [-0.39, 0.29) is 23.2 Å². The van der Waals surface area contributed by atoms with Gasteiger partial charge in [-0.3, -0.25) is 4.79 Å². The second-order valence-electron chi connectivity index (χ2n) is 9.51. The first-order valence-electron chi connectivity index (χ1n) is 10.7. The zero-order valence-electron chi connectivity index (χ0n) is 16.8. The van der Waals surface area contributed by atoms with Crippen LogP contribution in [0.15, 0.2) is 42.5 Å². The van der Waals surface area contributed by atoms with Crippen LogP contribution in [-0.4, -0.2) is 26.7 Å². The van der Waals surface area contributed by atoms with Crippen molar-refractivity contribution in [2.24, 2.45) is 17.3 Å². The number of carbonyl (C=O) groups is 1. The number of rotatable bonds is 2. The predicted octanol–water partition coefficient (Wildman–Crippen LogP) is 4.57. The number of ketones is 1. The van der Waals surface area contributed by atoms with Gasteiger partial charge < -0.3 is 15.3 Å². The molecule has 2 aromatic rings. The van der Waals surface area contributed by atoms with E-state index in [0.717, 1.165) is 43.2 Å². The summed E-state index contributed by atoms with van der Waals surface area (Å²) in [4.78, 5) is 13.4. The first-order valence-corrected chi connectivity index (χ1v) is 10.7. The van der Waals surface area contributed by atoms with Crippen molar-refractivity contribution in [2.45, 2.75) is 57.0 Å². The summed E-state index contributed by atoms with van der Waals surface area (Å²) in [5.74, 6) is 0.745. The lowest BCUT2D eigenvalue weighted by molar-refractivity contribution is -0.0773. The van der Waals surface area contributed by atoms with Gasteiger partial charge in [-0.1, -0.05) is 37.3 Å². The lowest BCUT2D eigenvalue weighted by Crippen LogP contribution is -2.55. The predicted molar refractivity (Wildman–Crippen MR) is 110 cm³/mol. The fourth-order valence-corrected chi connectivity index (χ4v) is 6.81. The third kappa shape index (κ3) is 2.51. The van der Waals surface area contributed by atoms with Crippen molar-refractivity contribution in [3.05, 3.63) is 59.2 Å². The number of hydrogen-bond donors (Lipinski definition) is 3. The van der Waals surface area contributed by atoms with Gasteiger partial charge in [-0.15, -0.1) is 0 Å². The van der Waals surface area contributed by atoms with Gasteiger partial charge in [-0.2, -0.15) is 0 Å². The van der Waals surface area contributed by atoms with Gasteiger partial charge in [-0.05, 0) is 79.5 Å². The van der Waals surface area contributed by atoms with E-state index in [1.807, 2.05) is 18.2 Å². The van der Waals surface area contributed by atoms with Crippen molar-refractivity contribution in [2.75, 3.05) is 0 Å². The number of fused-ring (bicyclic) bond motifs is 5. The van der Waals surface area contributed by atoms with E-state index in [4.69, 9.17) is 0 Å². The Morgan fingerprint density at radius 2 is 1.72 bits per heavy atom. The van der Waals surface area contributed by atoms with Crippen molar-refractivity contribution in [3.8, 4) is 11.5 Å². The quantitative estimate of drug-likeness (QED) is 0.517. The van der Waals surface area contributed by atoms with E-state index in [2.05, 4.69) is 6.92 Å². The van der Waals surface area contributed by atoms with E-state index in [1.165, 1.54) is 0 Å². The minimum atomic E-state index is -1.32. The van der Waals surface area contributed by atoms with Gasteiger partial charge in [-0.25, -0.2) is 0 Å². The van der Waals surface area contributed by atoms with Gasteiger partial charge >= 0.3 is 0 Å². The van der Waals surface area contributed by atoms with Gasteiger partial charge in [0.05, 0.1) is 0 Å². The molecule has 2 saturated carbocycles. The second kappa shape index (κ2) is 6.33. The zero-order valence-corrected chi connectivity index (χ0v) is 16.8. The van der Waals surface area contributed by atoms with Crippen LogP contribution in [0, 0.1) is 17.3 Å². The monoisotopic (exact) mass is 392 g/mol. The largest absolute Gasteiger partial charge is 0.504 e. The molecule has 5 rings (SSSR count). The lowest BCUT2D eigenvalue weighted by atomic mass is 9.52. The SMILES string of the molecule is C[C@]12CC[C@@H]3c4cc(O)c(O)cc4CC[C@H]3[C@@H]1CC[C@]2(O)C(=O)c1ccccc1. The average molecular weight is 392 g/mol. The van der Waals surface area contributed by atoms with Gasteiger partial charge in [0.2, 0.25) is 0 Å². The number of aromatic hydroxyl groups is 2. The van der Waals surface area contributed by atoms with Gasteiger partial charge in [0.25, 0.3) is 0 Å². The maximum absolute atomic E-state index is 13.4. The molecule has 0 radical (unpaired) electrons. The van der Waals surface area contributed by atoms with Crippen molar-refractivity contribution in [1.82, 2.24) is 0 Å². The van der Waals surface area contributed by atoms with Crippen LogP contribution < -0.4 is 0 Å². The van der Waals surface area contributed by atoms with Crippen LogP contribution in [0.3, 0.4) is 0 Å². The molecule has 3 aliphatic rings. The van der Waals surface area contributed by atoms with E-state index >= 15 is 0 Å². The molecule has 5 atom stereocenters. The fourth-order valence-electron chi connectivity index (χ4n) is 6.81. The summed E-state index contributed by atoms with van der Waals surface area (Å²) >= 11 is 0. The van der Waals surface area contributed by atoms with E-state index in [1.54, 1.807) is 24.3 Å². The highest BCUT2D eigenvalue weighted by atomic mass is 16.3. The summed E-state index contributed by atoms with van der Waals surface area (Å²) in [7, 11) is 0. The number of aryl methyl sites for hydroxylation is 1. The molecule has 0 amide bonds. The van der Waals surface area contributed by atoms with Crippen LogP contribution in [-0.2, 0) is 6.42 Å². The molecule has 3 N–H and O–H groups in total. The third-order valence-electron chi connectivity index (χ3n) is 8.38. The molecule has 2 aromatic carbocycles. The lowest BCUT2D eigenvalue weighted by Gasteiger charge is -2.52. The third-order valence-corrected chi connectivity index (χ3v) is 8.38. The van der Waals surface area contributed by atoms with E-state index < -0.39 is 11.0 Å². The van der Waals surface area contributed by atoms with Crippen LogP contribution >= 0.6 is 0 Å². The second-order valence-corrected chi connectivity index (χ2v) is 9.51. The Bertz CT molecular complexity index is 968. The molecule has 152 valence electrons. The topological polar surface area (TPSA) is 77.8 Å². The molecule has 0 saturated heterocycles. The summed E-state index contributed by atoms with van der Waals surface area (Å²) in [6.45, 7) is 2.12. The molecule has 0 bridgehead atoms. The van der Waals surface area contributed by atoms with Crippen molar-refractivity contribution < 1.29 is 20.1 Å². The fraction of sp³-hybridized carbons (Fsp3) is 0.480. The molecule has 3 aliphatic carbocycles.